The maximum atomic E-state index is 13.8. The zero-order valence-corrected chi connectivity index (χ0v) is 19.6. The van der Waals surface area contributed by atoms with Gasteiger partial charge in [0, 0.05) is 49.0 Å². The summed E-state index contributed by atoms with van der Waals surface area (Å²) in [6, 6.07) is 12.9. The third kappa shape index (κ3) is 6.49. The summed E-state index contributed by atoms with van der Waals surface area (Å²) in [5, 5.41) is 5.66. The number of anilines is 4. The summed E-state index contributed by atoms with van der Waals surface area (Å²) in [6.45, 7) is 1.91. The number of carbonyl (C=O) groups is 1. The van der Waals surface area contributed by atoms with E-state index < -0.39 is 11.7 Å². The smallest absolute Gasteiger partial charge is 0.384 e. The van der Waals surface area contributed by atoms with Gasteiger partial charge in [-0.15, -0.1) is 0 Å². The maximum Gasteiger partial charge on any atom is 0.418 e. The number of carbonyl (C=O) groups excluding carboxylic acids is 1. The van der Waals surface area contributed by atoms with E-state index in [0.29, 0.717) is 44.3 Å². The number of methoxy groups -OCH3 is 1. The number of nitrogens with one attached hydrogen (secondary N) is 2. The van der Waals surface area contributed by atoms with Gasteiger partial charge in [-0.1, -0.05) is 12.1 Å². The monoisotopic (exact) mass is 501 g/mol. The van der Waals surface area contributed by atoms with Crippen LogP contribution in [0.25, 0.3) is 11.3 Å². The van der Waals surface area contributed by atoms with Gasteiger partial charge in [0.25, 0.3) is 0 Å². The van der Waals surface area contributed by atoms with Crippen molar-refractivity contribution < 1.29 is 27.4 Å². The normalized spacial score (nSPS) is 13.9. The van der Waals surface area contributed by atoms with E-state index in [1.165, 1.54) is 19.4 Å². The molecule has 0 unspecified atom stereocenters. The molecule has 1 aliphatic heterocycles. The first-order valence-corrected chi connectivity index (χ1v) is 11.4. The van der Waals surface area contributed by atoms with Gasteiger partial charge in [0.15, 0.2) is 0 Å². The molecule has 1 fully saturated rings. The van der Waals surface area contributed by atoms with Gasteiger partial charge >= 0.3 is 6.18 Å². The molecule has 0 spiro atoms. The highest BCUT2D eigenvalue weighted by atomic mass is 19.4. The van der Waals surface area contributed by atoms with Gasteiger partial charge in [0.2, 0.25) is 11.9 Å². The first-order valence-electron chi connectivity index (χ1n) is 11.4. The molecular weight excluding hydrogens is 475 g/mol. The van der Waals surface area contributed by atoms with Crippen LogP contribution in [0.15, 0.2) is 54.7 Å². The first kappa shape index (κ1) is 25.4. The van der Waals surface area contributed by atoms with Gasteiger partial charge < -0.3 is 25.0 Å². The number of morpholine rings is 1. The summed E-state index contributed by atoms with van der Waals surface area (Å²) >= 11 is 0. The summed E-state index contributed by atoms with van der Waals surface area (Å²) in [7, 11) is 1.53. The summed E-state index contributed by atoms with van der Waals surface area (Å²) < 4.78 is 51.6. The molecule has 8 nitrogen and oxygen atoms in total. The molecule has 1 saturated heterocycles. The lowest BCUT2D eigenvalue weighted by Crippen LogP contribution is -2.37. The highest BCUT2D eigenvalue weighted by Crippen LogP contribution is 2.39. The topological polar surface area (TPSA) is 88.6 Å². The van der Waals surface area contributed by atoms with E-state index in [9.17, 15) is 18.0 Å². The van der Waals surface area contributed by atoms with Crippen molar-refractivity contribution in [2.24, 2.45) is 0 Å². The van der Waals surface area contributed by atoms with Gasteiger partial charge in [0.05, 0.1) is 37.5 Å². The van der Waals surface area contributed by atoms with E-state index >= 15 is 0 Å². The van der Waals surface area contributed by atoms with Crippen molar-refractivity contribution in [2.45, 2.75) is 12.6 Å². The lowest BCUT2D eigenvalue weighted by Gasteiger charge is -2.31. The number of benzene rings is 2. The SMILES string of the molecule is COCCC(=O)Nc1ccc(-c2ccnc(Nc3ccc(N4CCOCC4)c(C(F)(F)F)c3)n2)cc1. The molecule has 1 amide bonds. The average Bonchev–Trinajstić information content (AvgIpc) is 2.88. The molecule has 1 aliphatic rings. The Morgan fingerprint density at radius 2 is 1.81 bits per heavy atom. The van der Waals surface area contributed by atoms with Crippen molar-refractivity contribution in [1.29, 1.82) is 0 Å². The molecule has 0 aliphatic carbocycles. The number of rotatable bonds is 8. The summed E-state index contributed by atoms with van der Waals surface area (Å²) in [5.41, 5.74) is 1.59. The molecule has 11 heteroatoms. The first-order chi connectivity index (χ1) is 17.3. The summed E-state index contributed by atoms with van der Waals surface area (Å²) in [6.07, 6.45) is -2.74. The predicted octanol–water partition coefficient (Wildman–Crippen LogP) is 4.72. The Hall–Kier alpha value is -3.70. The fourth-order valence-electron chi connectivity index (χ4n) is 3.77. The molecule has 0 atom stereocenters. The van der Waals surface area contributed by atoms with Gasteiger partial charge in [-0.25, -0.2) is 9.97 Å². The minimum atomic E-state index is -4.52. The minimum absolute atomic E-state index is 0.125. The maximum absolute atomic E-state index is 13.8. The number of amides is 1. The van der Waals surface area contributed by atoms with Crippen LogP contribution in [0.5, 0.6) is 0 Å². The highest BCUT2D eigenvalue weighted by Gasteiger charge is 2.35. The number of aromatic nitrogens is 2. The number of hydrogen-bond acceptors (Lipinski definition) is 7. The Morgan fingerprint density at radius 3 is 2.50 bits per heavy atom. The van der Waals surface area contributed by atoms with Crippen molar-refractivity contribution >= 4 is 28.9 Å². The van der Waals surface area contributed by atoms with E-state index in [1.807, 2.05) is 0 Å². The van der Waals surface area contributed by atoms with Crippen molar-refractivity contribution in [2.75, 3.05) is 55.6 Å². The Labute approximate surface area is 206 Å². The second-order valence-corrected chi connectivity index (χ2v) is 8.09. The highest BCUT2D eigenvalue weighted by molar-refractivity contribution is 5.91. The Bertz CT molecular complexity index is 1180. The standard InChI is InChI=1S/C25H26F3N5O3/c1-35-13-9-23(34)30-18-4-2-17(3-5-18)21-8-10-29-24(32-21)31-19-6-7-22(20(16-19)25(26,27)28)33-11-14-36-15-12-33/h2-8,10,16H,9,11-15H2,1H3,(H,30,34)(H,29,31,32). The quantitative estimate of drug-likeness (QED) is 0.462. The molecular formula is C25H26F3N5O3. The summed E-state index contributed by atoms with van der Waals surface area (Å²) in [4.78, 5) is 22.1. The fourth-order valence-corrected chi connectivity index (χ4v) is 3.77. The van der Waals surface area contributed by atoms with Crippen molar-refractivity contribution in [3.63, 3.8) is 0 Å². The Balaban J connectivity index is 1.50. The zero-order valence-electron chi connectivity index (χ0n) is 19.6. The second-order valence-electron chi connectivity index (χ2n) is 8.09. The lowest BCUT2D eigenvalue weighted by atomic mass is 10.1. The largest absolute Gasteiger partial charge is 0.418 e. The summed E-state index contributed by atoms with van der Waals surface area (Å²) in [5.74, 6) is 0.00711. The molecule has 1 aromatic heterocycles. The second kappa shape index (κ2) is 11.4. The van der Waals surface area contributed by atoms with Gasteiger partial charge in [-0.3, -0.25) is 4.79 Å². The average molecular weight is 502 g/mol. The molecule has 3 aromatic rings. The molecule has 190 valence electrons. The van der Waals surface area contributed by atoms with E-state index in [2.05, 4.69) is 20.6 Å². The van der Waals surface area contributed by atoms with E-state index in [0.717, 1.165) is 11.6 Å². The molecule has 36 heavy (non-hydrogen) atoms. The van der Waals surface area contributed by atoms with Crippen LogP contribution in [0, 0.1) is 0 Å². The van der Waals surface area contributed by atoms with Gasteiger partial charge in [-0.2, -0.15) is 13.2 Å². The zero-order chi connectivity index (χ0) is 25.5. The van der Waals surface area contributed by atoms with Crippen LogP contribution >= 0.6 is 0 Å². The van der Waals surface area contributed by atoms with Crippen LogP contribution in [0.1, 0.15) is 12.0 Å². The fraction of sp³-hybridized carbons (Fsp3) is 0.320. The Morgan fingerprint density at radius 1 is 1.08 bits per heavy atom. The van der Waals surface area contributed by atoms with Gasteiger partial charge in [-0.05, 0) is 36.4 Å². The van der Waals surface area contributed by atoms with E-state index in [-0.39, 0.29) is 29.7 Å². The number of halogens is 3. The van der Waals surface area contributed by atoms with Crippen LogP contribution in [-0.2, 0) is 20.4 Å². The minimum Gasteiger partial charge on any atom is -0.384 e. The number of nitrogens with zero attached hydrogens (tertiary/aromatic N) is 3. The van der Waals surface area contributed by atoms with Crippen molar-refractivity contribution in [1.82, 2.24) is 9.97 Å². The molecule has 2 N–H and O–H groups in total. The van der Waals surface area contributed by atoms with Crippen LogP contribution < -0.4 is 15.5 Å². The molecule has 2 heterocycles. The van der Waals surface area contributed by atoms with Crippen LogP contribution in [0.4, 0.5) is 36.2 Å². The molecule has 4 rings (SSSR count). The third-order valence-electron chi connectivity index (χ3n) is 5.56. The van der Waals surface area contributed by atoms with Crippen molar-refractivity contribution in [3.05, 3.63) is 60.3 Å². The molecule has 0 radical (unpaired) electrons. The van der Waals surface area contributed by atoms with E-state index in [1.54, 1.807) is 41.3 Å². The lowest BCUT2D eigenvalue weighted by molar-refractivity contribution is -0.137. The molecule has 0 saturated carbocycles. The van der Waals surface area contributed by atoms with Crippen molar-refractivity contribution in [3.8, 4) is 11.3 Å². The van der Waals surface area contributed by atoms with Crippen LogP contribution in [0.2, 0.25) is 0 Å². The number of ether oxygens (including phenoxy) is 2. The molecule has 2 aromatic carbocycles. The van der Waals surface area contributed by atoms with Gasteiger partial charge in [0.1, 0.15) is 0 Å². The number of alkyl halides is 3. The number of hydrogen-bond donors (Lipinski definition) is 2. The van der Waals surface area contributed by atoms with E-state index in [4.69, 9.17) is 9.47 Å². The third-order valence-corrected chi connectivity index (χ3v) is 5.56. The molecule has 0 bridgehead atoms. The predicted molar refractivity (Wildman–Crippen MR) is 130 cm³/mol. The van der Waals surface area contributed by atoms with Crippen LogP contribution in [0.3, 0.4) is 0 Å². The van der Waals surface area contributed by atoms with Crippen LogP contribution in [-0.4, -0.2) is 55.9 Å². The Kier molecular flexibility index (Phi) is 8.01.